The monoisotopic (exact) mass is 380 g/mol. The van der Waals surface area contributed by atoms with Gasteiger partial charge in [0.1, 0.15) is 10.6 Å². The number of carbonyl (C=O) groups is 1. The van der Waals surface area contributed by atoms with Crippen LogP contribution in [0.1, 0.15) is 57.3 Å². The molecular weight excluding hydrogens is 356 g/mol. The summed E-state index contributed by atoms with van der Waals surface area (Å²) in [4.78, 5) is 18.2. The molecule has 1 N–H and O–H groups in total. The second kappa shape index (κ2) is 8.35. The van der Waals surface area contributed by atoms with Crippen LogP contribution in [0.15, 0.2) is 54.6 Å². The lowest BCUT2D eigenvalue weighted by Crippen LogP contribution is -2.29. The van der Waals surface area contributed by atoms with E-state index in [4.69, 9.17) is 4.74 Å². The lowest BCUT2D eigenvalue weighted by molar-refractivity contribution is 0.0946. The number of benzene rings is 2. The summed E-state index contributed by atoms with van der Waals surface area (Å²) in [7, 11) is 1.64. The molecule has 4 nitrogen and oxygen atoms in total. The molecule has 1 unspecified atom stereocenters. The van der Waals surface area contributed by atoms with Crippen LogP contribution in [0.3, 0.4) is 0 Å². The number of rotatable bonds is 6. The molecule has 0 radical (unpaired) electrons. The third-order valence-corrected chi connectivity index (χ3v) is 5.83. The number of hydrogen-bond donors (Lipinski definition) is 1. The maximum Gasteiger partial charge on any atom is 0.264 e. The van der Waals surface area contributed by atoms with Crippen molar-refractivity contribution in [1.82, 2.24) is 10.3 Å². The van der Waals surface area contributed by atoms with Gasteiger partial charge in [0.15, 0.2) is 0 Å². The smallest absolute Gasteiger partial charge is 0.264 e. The molecule has 0 bridgehead atoms. The van der Waals surface area contributed by atoms with E-state index >= 15 is 0 Å². The first-order chi connectivity index (χ1) is 13.0. The standard InChI is InChI=1S/C22H24N2O2S/c1-14(2)22-23-15(3)20(27-22)21(25)24-19(16-8-6-5-7-9-16)17-10-12-18(26-4)13-11-17/h5-14,19H,1-4H3,(H,24,25). The molecule has 0 aliphatic rings. The first kappa shape index (κ1) is 19.1. The summed E-state index contributed by atoms with van der Waals surface area (Å²) in [6.07, 6.45) is 0. The molecular formula is C22H24N2O2S. The molecule has 0 fully saturated rings. The van der Waals surface area contributed by atoms with Crippen molar-refractivity contribution in [3.05, 3.63) is 81.3 Å². The average Bonchev–Trinajstić information content (AvgIpc) is 3.09. The Morgan fingerprint density at radius 2 is 1.67 bits per heavy atom. The maximum absolute atomic E-state index is 13.0. The molecule has 1 heterocycles. The Hall–Kier alpha value is -2.66. The summed E-state index contributed by atoms with van der Waals surface area (Å²) >= 11 is 1.47. The van der Waals surface area contributed by atoms with Crippen LogP contribution >= 0.6 is 11.3 Å². The van der Waals surface area contributed by atoms with Gasteiger partial charge >= 0.3 is 0 Å². The van der Waals surface area contributed by atoms with Crippen molar-refractivity contribution in [2.45, 2.75) is 32.7 Å². The zero-order valence-electron chi connectivity index (χ0n) is 16.0. The Kier molecular flexibility index (Phi) is 5.91. The highest BCUT2D eigenvalue weighted by atomic mass is 32.1. The van der Waals surface area contributed by atoms with Gasteiger partial charge in [-0.25, -0.2) is 4.98 Å². The Bertz CT molecular complexity index is 902. The summed E-state index contributed by atoms with van der Waals surface area (Å²) < 4.78 is 5.25. The van der Waals surface area contributed by atoms with Gasteiger partial charge in [-0.05, 0) is 30.2 Å². The lowest BCUT2D eigenvalue weighted by Gasteiger charge is -2.20. The van der Waals surface area contributed by atoms with Gasteiger partial charge in [0.25, 0.3) is 5.91 Å². The Labute approximate surface area is 164 Å². The van der Waals surface area contributed by atoms with E-state index in [1.807, 2.05) is 61.5 Å². The van der Waals surface area contributed by atoms with Crippen LogP contribution in [-0.2, 0) is 0 Å². The molecule has 0 aliphatic carbocycles. The average molecular weight is 381 g/mol. The van der Waals surface area contributed by atoms with Gasteiger partial charge in [0, 0.05) is 5.92 Å². The molecule has 3 aromatic rings. The molecule has 2 aromatic carbocycles. The van der Waals surface area contributed by atoms with Crippen molar-refractivity contribution in [1.29, 1.82) is 0 Å². The topological polar surface area (TPSA) is 51.2 Å². The predicted molar refractivity (Wildman–Crippen MR) is 110 cm³/mol. The second-order valence-corrected chi connectivity index (χ2v) is 7.74. The van der Waals surface area contributed by atoms with Crippen molar-refractivity contribution in [2.75, 3.05) is 7.11 Å². The van der Waals surface area contributed by atoms with Crippen molar-refractivity contribution in [2.24, 2.45) is 0 Å². The number of aromatic nitrogens is 1. The number of methoxy groups -OCH3 is 1. The zero-order valence-corrected chi connectivity index (χ0v) is 16.8. The molecule has 0 spiro atoms. The van der Waals surface area contributed by atoms with E-state index < -0.39 is 0 Å². The Morgan fingerprint density at radius 1 is 1.04 bits per heavy atom. The second-order valence-electron chi connectivity index (χ2n) is 6.71. The summed E-state index contributed by atoms with van der Waals surface area (Å²) in [6, 6.07) is 17.5. The minimum absolute atomic E-state index is 0.0958. The fourth-order valence-corrected chi connectivity index (χ4v) is 3.84. The van der Waals surface area contributed by atoms with Crippen LogP contribution in [0.2, 0.25) is 0 Å². The van der Waals surface area contributed by atoms with Crippen molar-refractivity contribution in [3.8, 4) is 5.75 Å². The van der Waals surface area contributed by atoms with Crippen LogP contribution in [0.4, 0.5) is 0 Å². The summed E-state index contributed by atoms with van der Waals surface area (Å²) in [6.45, 7) is 6.07. The third-order valence-electron chi connectivity index (χ3n) is 4.37. The van der Waals surface area contributed by atoms with Gasteiger partial charge in [-0.15, -0.1) is 11.3 Å². The summed E-state index contributed by atoms with van der Waals surface area (Å²) in [5.74, 6) is 1.00. The molecule has 1 aromatic heterocycles. The number of ether oxygens (including phenoxy) is 1. The normalized spacial score (nSPS) is 12.0. The lowest BCUT2D eigenvalue weighted by atomic mass is 9.98. The molecule has 5 heteroatoms. The molecule has 0 aliphatic heterocycles. The van der Waals surface area contributed by atoms with Crippen molar-refractivity contribution in [3.63, 3.8) is 0 Å². The molecule has 1 amide bonds. The van der Waals surface area contributed by atoms with Crippen molar-refractivity contribution >= 4 is 17.2 Å². The van der Waals surface area contributed by atoms with Crippen LogP contribution in [0, 0.1) is 6.92 Å². The summed E-state index contributed by atoms with van der Waals surface area (Å²) in [5.41, 5.74) is 2.81. The highest BCUT2D eigenvalue weighted by Crippen LogP contribution is 2.28. The number of carbonyl (C=O) groups excluding carboxylic acids is 1. The SMILES string of the molecule is COc1ccc(C(NC(=O)c2sc(C(C)C)nc2C)c2ccccc2)cc1. The fraction of sp³-hybridized carbons (Fsp3) is 0.273. The molecule has 0 saturated heterocycles. The minimum atomic E-state index is -0.242. The van der Waals surface area contributed by atoms with Gasteiger partial charge < -0.3 is 10.1 Å². The number of nitrogens with zero attached hydrogens (tertiary/aromatic N) is 1. The number of amides is 1. The Morgan fingerprint density at radius 3 is 2.22 bits per heavy atom. The summed E-state index contributed by atoms with van der Waals surface area (Å²) in [5, 5.41) is 4.17. The van der Waals surface area contributed by atoms with Gasteiger partial charge in [-0.3, -0.25) is 4.79 Å². The fourth-order valence-electron chi connectivity index (χ4n) is 2.87. The van der Waals surface area contributed by atoms with E-state index in [2.05, 4.69) is 24.1 Å². The van der Waals surface area contributed by atoms with Crippen molar-refractivity contribution < 1.29 is 9.53 Å². The van der Waals surface area contributed by atoms with E-state index in [0.29, 0.717) is 10.8 Å². The first-order valence-corrected chi connectivity index (χ1v) is 9.78. The van der Waals surface area contributed by atoms with E-state index in [9.17, 15) is 4.79 Å². The van der Waals surface area contributed by atoms with E-state index in [-0.39, 0.29) is 11.9 Å². The van der Waals surface area contributed by atoms with E-state index in [1.165, 1.54) is 11.3 Å². The molecule has 27 heavy (non-hydrogen) atoms. The van der Waals surface area contributed by atoms with E-state index in [0.717, 1.165) is 27.6 Å². The molecule has 1 atom stereocenters. The third kappa shape index (κ3) is 4.37. The molecule has 140 valence electrons. The minimum Gasteiger partial charge on any atom is -0.497 e. The van der Waals surface area contributed by atoms with Gasteiger partial charge in [-0.2, -0.15) is 0 Å². The van der Waals surface area contributed by atoms with Crippen LogP contribution in [0.5, 0.6) is 5.75 Å². The van der Waals surface area contributed by atoms with Gasteiger partial charge in [0.2, 0.25) is 0 Å². The predicted octanol–water partition coefficient (Wildman–Crippen LogP) is 5.10. The number of thiazole rings is 1. The maximum atomic E-state index is 13.0. The quantitative estimate of drug-likeness (QED) is 0.647. The highest BCUT2D eigenvalue weighted by molar-refractivity contribution is 7.13. The van der Waals surface area contributed by atoms with E-state index in [1.54, 1.807) is 7.11 Å². The number of hydrogen-bond acceptors (Lipinski definition) is 4. The first-order valence-electron chi connectivity index (χ1n) is 8.96. The Balaban J connectivity index is 1.92. The molecule has 3 rings (SSSR count). The van der Waals surface area contributed by atoms with Crippen LogP contribution < -0.4 is 10.1 Å². The highest BCUT2D eigenvalue weighted by Gasteiger charge is 2.22. The van der Waals surface area contributed by atoms with Crippen LogP contribution in [-0.4, -0.2) is 18.0 Å². The van der Waals surface area contributed by atoms with Crippen LogP contribution in [0.25, 0.3) is 0 Å². The number of nitrogens with one attached hydrogen (secondary N) is 1. The van der Waals surface area contributed by atoms with Gasteiger partial charge in [0.05, 0.1) is 23.9 Å². The van der Waals surface area contributed by atoms with Gasteiger partial charge in [-0.1, -0.05) is 56.3 Å². The number of aryl methyl sites for hydroxylation is 1. The molecule has 0 saturated carbocycles. The largest absolute Gasteiger partial charge is 0.497 e. The zero-order chi connectivity index (χ0) is 19.4.